The van der Waals surface area contributed by atoms with Crippen LogP contribution in [0.1, 0.15) is 65.2 Å². The monoisotopic (exact) mass is 404 g/mol. The Hall–Kier alpha value is -0.733. The molecule has 0 radical (unpaired) electrons. The van der Waals surface area contributed by atoms with Crippen molar-refractivity contribution in [2.24, 2.45) is 0 Å². The molecule has 0 aliphatic carbocycles. The minimum absolute atomic E-state index is 0.235. The molecule has 0 aromatic rings. The number of aliphatic hydroxyl groups excluding tert-OH is 1. The predicted molar refractivity (Wildman–Crippen MR) is 110 cm³/mol. The molecule has 1 aliphatic rings. The Labute approximate surface area is 166 Å². The van der Waals surface area contributed by atoms with E-state index in [-0.39, 0.29) is 17.8 Å². The summed E-state index contributed by atoms with van der Waals surface area (Å²) in [5, 5.41) is 7.33. The van der Waals surface area contributed by atoms with Crippen molar-refractivity contribution in [1.29, 1.82) is 0 Å². The van der Waals surface area contributed by atoms with Crippen LogP contribution >= 0.6 is 0 Å². The zero-order valence-corrected chi connectivity index (χ0v) is 19.0. The summed E-state index contributed by atoms with van der Waals surface area (Å²) < 4.78 is 22.9. The highest BCUT2D eigenvalue weighted by Gasteiger charge is 2.58. The third-order valence-corrected chi connectivity index (χ3v) is 9.56. The Bertz CT molecular complexity index is 425. The Morgan fingerprint density at radius 2 is 1.70 bits per heavy atom. The van der Waals surface area contributed by atoms with E-state index in [1.807, 2.05) is 0 Å². The summed E-state index contributed by atoms with van der Waals surface area (Å²) in [4.78, 5) is 11.3. The molecule has 6 nitrogen and oxygen atoms in total. The number of rotatable bonds is 11. The van der Waals surface area contributed by atoms with Crippen molar-refractivity contribution in [1.82, 2.24) is 0 Å². The maximum Gasteiger partial charge on any atom is 0.370 e. The molecule has 1 N–H and O–H groups in total. The SMILES string of the molecule is C=C(C)C(=O)OCCCCCCC1(OC)CCCC[Si]1(OC)OC.CCO. The van der Waals surface area contributed by atoms with Crippen LogP contribution in [0.15, 0.2) is 12.2 Å². The van der Waals surface area contributed by atoms with Crippen molar-refractivity contribution in [3.8, 4) is 0 Å². The molecule has 1 heterocycles. The second-order valence-electron chi connectivity index (χ2n) is 6.96. The molecule has 0 saturated carbocycles. The van der Waals surface area contributed by atoms with E-state index in [2.05, 4.69) is 6.58 Å². The van der Waals surface area contributed by atoms with E-state index in [1.165, 1.54) is 6.42 Å². The average molecular weight is 405 g/mol. The topological polar surface area (TPSA) is 74.2 Å². The summed E-state index contributed by atoms with van der Waals surface area (Å²) in [7, 11) is 3.02. The Morgan fingerprint density at radius 3 is 2.22 bits per heavy atom. The standard InChI is InChI=1S/C18H34O5Si.C2H6O/c1-16(2)17(19)23-14-10-7-6-8-12-18(20-3)13-9-11-15-24(18,21-4)22-5;1-2-3/h1,6-15H2,2-5H3;3H,2H2,1H3. The summed E-state index contributed by atoms with van der Waals surface area (Å²) in [5.74, 6) is -0.300. The molecule has 1 fully saturated rings. The van der Waals surface area contributed by atoms with Crippen LogP contribution in [-0.2, 0) is 23.1 Å². The van der Waals surface area contributed by atoms with Gasteiger partial charge in [-0.15, -0.1) is 0 Å². The Kier molecular flexibility index (Phi) is 13.9. The van der Waals surface area contributed by atoms with E-state index in [1.54, 1.807) is 35.2 Å². The molecular formula is C20H40O6Si. The lowest BCUT2D eigenvalue weighted by molar-refractivity contribution is -0.139. The van der Waals surface area contributed by atoms with Crippen molar-refractivity contribution in [3.05, 3.63) is 12.2 Å². The van der Waals surface area contributed by atoms with Crippen molar-refractivity contribution >= 4 is 14.5 Å². The molecule has 27 heavy (non-hydrogen) atoms. The van der Waals surface area contributed by atoms with Gasteiger partial charge in [0, 0.05) is 33.5 Å². The predicted octanol–water partition coefficient (Wildman–Crippen LogP) is 3.90. The van der Waals surface area contributed by atoms with Gasteiger partial charge in [0.1, 0.15) is 5.22 Å². The number of unbranched alkanes of at least 4 members (excludes halogenated alkanes) is 3. The minimum atomic E-state index is -2.31. The maximum atomic E-state index is 11.3. The summed E-state index contributed by atoms with van der Waals surface area (Å²) in [6, 6.07) is 1.00. The molecule has 1 rings (SSSR count). The fourth-order valence-corrected chi connectivity index (χ4v) is 7.59. The third kappa shape index (κ3) is 8.03. The molecule has 1 aliphatic heterocycles. The van der Waals surface area contributed by atoms with Gasteiger partial charge in [0.15, 0.2) is 0 Å². The lowest BCUT2D eigenvalue weighted by atomic mass is 10.0. The molecule has 0 bridgehead atoms. The van der Waals surface area contributed by atoms with Gasteiger partial charge < -0.3 is 23.4 Å². The smallest absolute Gasteiger partial charge is 0.370 e. The summed E-state index contributed by atoms with van der Waals surface area (Å²) >= 11 is 0. The van der Waals surface area contributed by atoms with Gasteiger partial charge in [-0.3, -0.25) is 0 Å². The van der Waals surface area contributed by atoms with Crippen LogP contribution in [0.5, 0.6) is 0 Å². The number of hydrogen-bond donors (Lipinski definition) is 1. The number of hydrogen-bond acceptors (Lipinski definition) is 6. The van der Waals surface area contributed by atoms with Crippen LogP contribution in [-0.4, -0.2) is 59.4 Å². The fraction of sp³-hybridized carbons (Fsp3) is 0.850. The number of ether oxygens (including phenoxy) is 2. The van der Waals surface area contributed by atoms with Crippen molar-refractivity contribution < 1.29 is 28.2 Å². The molecule has 0 aromatic heterocycles. The van der Waals surface area contributed by atoms with Crippen LogP contribution in [0.3, 0.4) is 0 Å². The van der Waals surface area contributed by atoms with Crippen LogP contribution in [0.25, 0.3) is 0 Å². The molecule has 1 atom stereocenters. The first kappa shape index (κ1) is 26.3. The summed E-state index contributed by atoms with van der Waals surface area (Å²) in [5.41, 5.74) is 0.453. The van der Waals surface area contributed by atoms with Crippen molar-refractivity contribution in [2.75, 3.05) is 34.5 Å². The van der Waals surface area contributed by atoms with Crippen LogP contribution in [0.4, 0.5) is 0 Å². The molecule has 0 aromatic carbocycles. The molecule has 0 amide bonds. The normalized spacial score (nSPS) is 21.1. The lowest BCUT2D eigenvalue weighted by Gasteiger charge is -2.48. The highest BCUT2D eigenvalue weighted by molar-refractivity contribution is 6.70. The lowest BCUT2D eigenvalue weighted by Crippen LogP contribution is -2.64. The van der Waals surface area contributed by atoms with Gasteiger partial charge in [0.2, 0.25) is 0 Å². The van der Waals surface area contributed by atoms with Crippen LogP contribution in [0, 0.1) is 0 Å². The second kappa shape index (κ2) is 14.3. The molecule has 1 saturated heterocycles. The number of esters is 1. The van der Waals surface area contributed by atoms with E-state index >= 15 is 0 Å². The number of carbonyl (C=O) groups is 1. The minimum Gasteiger partial charge on any atom is -0.462 e. The number of aliphatic hydroxyl groups is 1. The maximum absolute atomic E-state index is 11.3. The van der Waals surface area contributed by atoms with E-state index in [0.29, 0.717) is 12.2 Å². The molecular weight excluding hydrogens is 364 g/mol. The Balaban J connectivity index is 0.00000210. The third-order valence-electron chi connectivity index (χ3n) is 5.14. The first-order valence-electron chi connectivity index (χ1n) is 9.97. The summed E-state index contributed by atoms with van der Waals surface area (Å²) in [6.45, 7) is 7.64. The van der Waals surface area contributed by atoms with Gasteiger partial charge >= 0.3 is 14.5 Å². The average Bonchev–Trinajstić information content (AvgIpc) is 2.67. The van der Waals surface area contributed by atoms with E-state index in [9.17, 15) is 4.79 Å². The molecule has 0 spiro atoms. The fourth-order valence-electron chi connectivity index (χ4n) is 3.68. The zero-order valence-electron chi connectivity index (χ0n) is 18.0. The number of carbonyl (C=O) groups excluding carboxylic acids is 1. The van der Waals surface area contributed by atoms with Gasteiger partial charge in [-0.25, -0.2) is 4.79 Å². The van der Waals surface area contributed by atoms with Crippen molar-refractivity contribution in [2.45, 2.75) is 76.5 Å². The molecule has 160 valence electrons. The van der Waals surface area contributed by atoms with Gasteiger partial charge in [-0.2, -0.15) is 0 Å². The first-order valence-corrected chi connectivity index (χ1v) is 12.0. The highest BCUT2D eigenvalue weighted by Crippen LogP contribution is 2.43. The zero-order chi connectivity index (χ0) is 20.8. The van der Waals surface area contributed by atoms with E-state index < -0.39 is 8.56 Å². The van der Waals surface area contributed by atoms with Crippen LogP contribution < -0.4 is 0 Å². The number of methoxy groups -OCH3 is 1. The van der Waals surface area contributed by atoms with E-state index in [0.717, 1.165) is 51.0 Å². The second-order valence-corrected chi connectivity index (χ2v) is 10.7. The van der Waals surface area contributed by atoms with Gasteiger partial charge in [0.05, 0.1) is 6.61 Å². The van der Waals surface area contributed by atoms with Crippen molar-refractivity contribution in [3.63, 3.8) is 0 Å². The van der Waals surface area contributed by atoms with Gasteiger partial charge in [-0.05, 0) is 39.2 Å². The summed E-state index contributed by atoms with van der Waals surface area (Å²) in [6.07, 6.45) is 8.42. The van der Waals surface area contributed by atoms with Crippen LogP contribution in [0.2, 0.25) is 6.04 Å². The largest absolute Gasteiger partial charge is 0.462 e. The highest BCUT2D eigenvalue weighted by atomic mass is 28.4. The van der Waals surface area contributed by atoms with E-state index in [4.69, 9.17) is 23.4 Å². The Morgan fingerprint density at radius 1 is 1.11 bits per heavy atom. The first-order chi connectivity index (χ1) is 12.9. The quantitative estimate of drug-likeness (QED) is 0.244. The molecule has 1 unspecified atom stereocenters. The molecule has 7 heteroatoms. The van der Waals surface area contributed by atoms with Gasteiger partial charge in [-0.1, -0.05) is 38.7 Å². The van der Waals surface area contributed by atoms with Gasteiger partial charge in [0.25, 0.3) is 0 Å².